The van der Waals surface area contributed by atoms with Crippen LogP contribution in [0.5, 0.6) is 0 Å². The van der Waals surface area contributed by atoms with Gasteiger partial charge in [-0.3, -0.25) is 14.9 Å². The number of hydrogen-bond donors (Lipinski definition) is 1. The number of anilines is 1. The number of halogens is 1. The summed E-state index contributed by atoms with van der Waals surface area (Å²) in [4.78, 5) is 18.2. The highest BCUT2D eigenvalue weighted by molar-refractivity contribution is 6.32. The Hall–Kier alpha value is -2.67. The Kier molecular flexibility index (Phi) is 5.04. The molecule has 3 aromatic rings. The van der Waals surface area contributed by atoms with Crippen molar-refractivity contribution in [3.8, 4) is 5.69 Å². The van der Waals surface area contributed by atoms with Gasteiger partial charge < -0.3 is 4.90 Å². The maximum atomic E-state index is 12.7. The summed E-state index contributed by atoms with van der Waals surface area (Å²) in [6.07, 6.45) is 5.04. The molecule has 1 N–H and O–H groups in total. The molecular formula is C16H19ClN6O. The number of amides is 1. The average Bonchev–Trinajstić information content (AvgIpc) is 3.10. The third-order valence-electron chi connectivity index (χ3n) is 3.57. The number of carbonyl (C=O) groups is 1. The molecule has 24 heavy (non-hydrogen) atoms. The SMILES string of the molecule is C.Cc1n[nH]c(C)c1C(=O)N(C)c1cn(-c2cccnc2)nc1Cl. The van der Waals surface area contributed by atoms with E-state index in [0.29, 0.717) is 16.9 Å². The number of nitrogens with one attached hydrogen (secondary N) is 1. The van der Waals surface area contributed by atoms with Crippen molar-refractivity contribution in [3.63, 3.8) is 0 Å². The normalized spacial score (nSPS) is 10.3. The fourth-order valence-electron chi connectivity index (χ4n) is 2.33. The lowest BCUT2D eigenvalue weighted by Crippen LogP contribution is -2.27. The molecule has 0 bridgehead atoms. The molecule has 0 fully saturated rings. The summed E-state index contributed by atoms with van der Waals surface area (Å²) in [7, 11) is 1.66. The molecule has 0 saturated carbocycles. The largest absolute Gasteiger partial charge is 0.307 e. The monoisotopic (exact) mass is 346 g/mol. The van der Waals surface area contributed by atoms with E-state index in [4.69, 9.17) is 11.6 Å². The van der Waals surface area contributed by atoms with Gasteiger partial charge >= 0.3 is 0 Å². The van der Waals surface area contributed by atoms with Gasteiger partial charge in [-0.05, 0) is 26.0 Å². The predicted molar refractivity (Wildman–Crippen MR) is 93.9 cm³/mol. The van der Waals surface area contributed by atoms with E-state index in [0.717, 1.165) is 11.4 Å². The second-order valence-corrected chi connectivity index (χ2v) is 5.49. The molecule has 3 rings (SSSR count). The van der Waals surface area contributed by atoms with E-state index in [1.54, 1.807) is 43.3 Å². The van der Waals surface area contributed by atoms with Crippen LogP contribution in [-0.2, 0) is 0 Å². The molecule has 0 aliphatic rings. The Morgan fingerprint density at radius 2 is 2.12 bits per heavy atom. The van der Waals surface area contributed by atoms with Crippen molar-refractivity contribution in [1.82, 2.24) is 25.0 Å². The quantitative estimate of drug-likeness (QED) is 0.789. The smallest absolute Gasteiger partial charge is 0.261 e. The highest BCUT2D eigenvalue weighted by atomic mass is 35.5. The van der Waals surface area contributed by atoms with E-state index < -0.39 is 0 Å². The molecule has 0 spiro atoms. The van der Waals surface area contributed by atoms with E-state index in [2.05, 4.69) is 20.3 Å². The van der Waals surface area contributed by atoms with Crippen molar-refractivity contribution in [2.75, 3.05) is 11.9 Å². The number of H-pyrrole nitrogens is 1. The van der Waals surface area contributed by atoms with Crippen LogP contribution in [0, 0.1) is 13.8 Å². The van der Waals surface area contributed by atoms with Gasteiger partial charge in [-0.15, -0.1) is 0 Å². The van der Waals surface area contributed by atoms with Crippen molar-refractivity contribution < 1.29 is 4.79 Å². The fraction of sp³-hybridized carbons (Fsp3) is 0.250. The highest BCUT2D eigenvalue weighted by Gasteiger charge is 2.23. The second-order valence-electron chi connectivity index (χ2n) is 5.13. The van der Waals surface area contributed by atoms with Crippen LogP contribution in [0.4, 0.5) is 5.69 Å². The summed E-state index contributed by atoms with van der Waals surface area (Å²) in [6.45, 7) is 3.59. The van der Waals surface area contributed by atoms with Crippen LogP contribution in [0.3, 0.4) is 0 Å². The van der Waals surface area contributed by atoms with E-state index in [-0.39, 0.29) is 18.5 Å². The van der Waals surface area contributed by atoms with Gasteiger partial charge in [-0.2, -0.15) is 10.2 Å². The summed E-state index contributed by atoms with van der Waals surface area (Å²) < 4.78 is 1.59. The lowest BCUT2D eigenvalue weighted by Gasteiger charge is -2.15. The zero-order chi connectivity index (χ0) is 16.6. The van der Waals surface area contributed by atoms with Crippen LogP contribution < -0.4 is 4.90 Å². The second kappa shape index (κ2) is 6.84. The number of carbonyl (C=O) groups excluding carboxylic acids is 1. The van der Waals surface area contributed by atoms with E-state index in [1.807, 2.05) is 13.0 Å². The number of aromatic nitrogens is 5. The van der Waals surface area contributed by atoms with Crippen molar-refractivity contribution >= 4 is 23.2 Å². The molecule has 0 atom stereocenters. The number of pyridine rings is 1. The number of aryl methyl sites for hydroxylation is 2. The molecular weight excluding hydrogens is 328 g/mol. The number of rotatable bonds is 3. The first-order valence-electron chi connectivity index (χ1n) is 6.94. The molecule has 0 aliphatic heterocycles. The lowest BCUT2D eigenvalue weighted by atomic mass is 10.1. The number of aromatic amines is 1. The van der Waals surface area contributed by atoms with E-state index >= 15 is 0 Å². The molecule has 0 unspecified atom stereocenters. The number of nitrogens with zero attached hydrogens (tertiary/aromatic N) is 5. The molecule has 7 nitrogen and oxygen atoms in total. The topological polar surface area (TPSA) is 79.7 Å². The molecule has 126 valence electrons. The molecule has 1 amide bonds. The van der Waals surface area contributed by atoms with Gasteiger partial charge in [0.05, 0.1) is 29.3 Å². The summed E-state index contributed by atoms with van der Waals surface area (Å²) in [5, 5.41) is 11.3. The zero-order valence-corrected chi connectivity index (χ0v) is 13.7. The van der Waals surface area contributed by atoms with Crippen LogP contribution in [0.15, 0.2) is 30.7 Å². The Bertz CT molecular complexity index is 835. The van der Waals surface area contributed by atoms with Gasteiger partial charge in [0.25, 0.3) is 5.91 Å². The summed E-state index contributed by atoms with van der Waals surface area (Å²) in [6, 6.07) is 3.66. The summed E-state index contributed by atoms with van der Waals surface area (Å²) in [5.41, 5.74) is 3.18. The third kappa shape index (κ3) is 3.03. The van der Waals surface area contributed by atoms with Gasteiger partial charge in [0.1, 0.15) is 5.69 Å². The minimum absolute atomic E-state index is 0. The molecule has 8 heteroatoms. The first kappa shape index (κ1) is 17.7. The van der Waals surface area contributed by atoms with Crippen LogP contribution >= 0.6 is 11.6 Å². The maximum Gasteiger partial charge on any atom is 0.261 e. The van der Waals surface area contributed by atoms with Gasteiger partial charge in [-0.25, -0.2) is 4.68 Å². The molecule has 3 heterocycles. The van der Waals surface area contributed by atoms with Gasteiger partial charge in [0, 0.05) is 18.9 Å². The highest BCUT2D eigenvalue weighted by Crippen LogP contribution is 2.27. The molecule has 0 radical (unpaired) electrons. The molecule has 3 aromatic heterocycles. The van der Waals surface area contributed by atoms with Crippen LogP contribution in [-0.4, -0.2) is 37.9 Å². The maximum absolute atomic E-state index is 12.7. The fourth-order valence-corrected chi connectivity index (χ4v) is 2.59. The molecule has 0 saturated heterocycles. The molecule has 0 aromatic carbocycles. The standard InChI is InChI=1S/C15H15ClN6O.CH4/c1-9-13(10(2)19-18-9)15(23)21(3)12-8-22(20-14(12)16)11-5-4-6-17-7-11;/h4-8H,1-3H3,(H,18,19);1H4. The average molecular weight is 347 g/mol. The summed E-state index contributed by atoms with van der Waals surface area (Å²) >= 11 is 6.21. The van der Waals surface area contributed by atoms with Crippen molar-refractivity contribution in [1.29, 1.82) is 0 Å². The summed E-state index contributed by atoms with van der Waals surface area (Å²) in [5.74, 6) is -0.193. The van der Waals surface area contributed by atoms with Crippen LogP contribution in [0.25, 0.3) is 5.69 Å². The van der Waals surface area contributed by atoms with Crippen LogP contribution in [0.1, 0.15) is 29.2 Å². The Balaban J connectivity index is 0.00000208. The van der Waals surface area contributed by atoms with E-state index in [1.165, 1.54) is 4.90 Å². The number of hydrogen-bond acceptors (Lipinski definition) is 4. The Morgan fingerprint density at radius 3 is 2.71 bits per heavy atom. The zero-order valence-electron chi connectivity index (χ0n) is 12.9. The van der Waals surface area contributed by atoms with Gasteiger partial charge in [0.15, 0.2) is 5.15 Å². The minimum Gasteiger partial charge on any atom is -0.307 e. The minimum atomic E-state index is -0.193. The first-order chi connectivity index (χ1) is 11.0. The first-order valence-corrected chi connectivity index (χ1v) is 7.32. The molecule has 0 aliphatic carbocycles. The lowest BCUT2D eigenvalue weighted by molar-refractivity contribution is 0.0992. The Morgan fingerprint density at radius 1 is 1.38 bits per heavy atom. The van der Waals surface area contributed by atoms with Crippen molar-refractivity contribution in [2.24, 2.45) is 0 Å². The third-order valence-corrected chi connectivity index (χ3v) is 3.84. The van der Waals surface area contributed by atoms with E-state index in [9.17, 15) is 4.79 Å². The predicted octanol–water partition coefficient (Wildman–Crippen LogP) is 3.17. The van der Waals surface area contributed by atoms with Crippen LogP contribution in [0.2, 0.25) is 5.15 Å². The Labute approximate surface area is 145 Å². The van der Waals surface area contributed by atoms with Gasteiger partial charge in [-0.1, -0.05) is 19.0 Å². The van der Waals surface area contributed by atoms with Gasteiger partial charge in [0.2, 0.25) is 0 Å². The van der Waals surface area contributed by atoms with Crippen molar-refractivity contribution in [2.45, 2.75) is 21.3 Å². The van der Waals surface area contributed by atoms with Crippen molar-refractivity contribution in [3.05, 3.63) is 52.8 Å².